The van der Waals surface area contributed by atoms with Crippen molar-refractivity contribution in [3.63, 3.8) is 0 Å². The molecule has 0 bridgehead atoms. The number of carboxylic acids is 1. The van der Waals surface area contributed by atoms with Gasteiger partial charge in [-0.2, -0.15) is 0 Å². The number of carbonyl (C=O) groups is 2. The van der Waals surface area contributed by atoms with Crippen LogP contribution in [0, 0.1) is 5.92 Å². The van der Waals surface area contributed by atoms with Gasteiger partial charge in [-0.3, -0.25) is 9.59 Å². The number of ether oxygens (including phenoxy) is 1. The molecule has 1 aliphatic rings. The highest BCUT2D eigenvalue weighted by atomic mass is 16.5. The number of amides is 1. The Morgan fingerprint density at radius 3 is 2.56 bits per heavy atom. The van der Waals surface area contributed by atoms with E-state index < -0.39 is 5.97 Å². The van der Waals surface area contributed by atoms with E-state index in [4.69, 9.17) is 9.84 Å². The van der Waals surface area contributed by atoms with Gasteiger partial charge < -0.3 is 15.2 Å². The summed E-state index contributed by atoms with van der Waals surface area (Å²) in [4.78, 5) is 23.6. The molecule has 0 radical (unpaired) electrons. The summed E-state index contributed by atoms with van der Waals surface area (Å²) in [6.45, 7) is 1.88. The molecule has 0 unspecified atom stereocenters. The molecule has 3 atom stereocenters. The Balaban J connectivity index is 1.69. The SMILES string of the molecule is COc1ccc2cc([C@H](C)C(=O)N[C@H]3CC[C@@H](C(=O)O)C3)ccc2c1. The fourth-order valence-corrected chi connectivity index (χ4v) is 3.45. The lowest BCUT2D eigenvalue weighted by molar-refractivity contribution is -0.141. The van der Waals surface area contributed by atoms with Crippen molar-refractivity contribution in [2.45, 2.75) is 38.1 Å². The van der Waals surface area contributed by atoms with E-state index in [1.807, 2.05) is 43.3 Å². The molecule has 1 saturated carbocycles. The van der Waals surface area contributed by atoms with Gasteiger partial charge in [0.15, 0.2) is 0 Å². The van der Waals surface area contributed by atoms with Crippen LogP contribution in [0.2, 0.25) is 0 Å². The number of hydrogen-bond donors (Lipinski definition) is 2. The molecule has 3 rings (SSSR count). The van der Waals surface area contributed by atoms with Crippen LogP contribution in [-0.4, -0.2) is 30.1 Å². The smallest absolute Gasteiger partial charge is 0.306 e. The van der Waals surface area contributed by atoms with Gasteiger partial charge in [0.2, 0.25) is 5.91 Å². The largest absolute Gasteiger partial charge is 0.497 e. The Hall–Kier alpha value is -2.56. The van der Waals surface area contributed by atoms with Crippen LogP contribution >= 0.6 is 0 Å². The van der Waals surface area contributed by atoms with Crippen molar-refractivity contribution in [1.82, 2.24) is 5.32 Å². The third-order valence-corrected chi connectivity index (χ3v) is 5.09. The van der Waals surface area contributed by atoms with Gasteiger partial charge in [0, 0.05) is 6.04 Å². The van der Waals surface area contributed by atoms with Gasteiger partial charge in [0.25, 0.3) is 0 Å². The van der Waals surface area contributed by atoms with Gasteiger partial charge in [-0.15, -0.1) is 0 Å². The maximum Gasteiger partial charge on any atom is 0.306 e. The lowest BCUT2D eigenvalue weighted by Crippen LogP contribution is -2.36. The molecular formula is C20H23NO4. The highest BCUT2D eigenvalue weighted by Crippen LogP contribution is 2.28. The lowest BCUT2D eigenvalue weighted by atomic mass is 9.96. The fourth-order valence-electron chi connectivity index (χ4n) is 3.45. The summed E-state index contributed by atoms with van der Waals surface area (Å²) in [5.74, 6) is -0.634. The maximum atomic E-state index is 12.5. The van der Waals surface area contributed by atoms with E-state index in [1.165, 1.54) is 0 Å². The van der Waals surface area contributed by atoms with Gasteiger partial charge in [-0.25, -0.2) is 0 Å². The highest BCUT2D eigenvalue weighted by Gasteiger charge is 2.31. The Morgan fingerprint density at radius 2 is 1.88 bits per heavy atom. The van der Waals surface area contributed by atoms with Gasteiger partial charge >= 0.3 is 5.97 Å². The summed E-state index contributed by atoms with van der Waals surface area (Å²) >= 11 is 0. The first-order valence-electron chi connectivity index (χ1n) is 8.59. The Kier molecular flexibility index (Phi) is 4.93. The van der Waals surface area contributed by atoms with Crippen molar-refractivity contribution < 1.29 is 19.4 Å². The minimum Gasteiger partial charge on any atom is -0.497 e. The van der Waals surface area contributed by atoms with Gasteiger partial charge in [0.1, 0.15) is 5.75 Å². The second-order valence-corrected chi connectivity index (χ2v) is 6.75. The Morgan fingerprint density at radius 1 is 1.16 bits per heavy atom. The van der Waals surface area contributed by atoms with E-state index in [2.05, 4.69) is 5.32 Å². The monoisotopic (exact) mass is 341 g/mol. The molecule has 1 fully saturated rings. The van der Waals surface area contributed by atoms with E-state index in [9.17, 15) is 9.59 Å². The van der Waals surface area contributed by atoms with Crippen LogP contribution in [0.4, 0.5) is 0 Å². The molecule has 5 heteroatoms. The van der Waals surface area contributed by atoms with Crippen LogP contribution in [0.3, 0.4) is 0 Å². The average Bonchev–Trinajstić information content (AvgIpc) is 3.08. The number of benzene rings is 2. The standard InChI is InChI=1S/C20H23NO4/c1-12(19(22)21-17-7-5-16(10-17)20(23)24)13-3-4-15-11-18(25-2)8-6-14(15)9-13/h3-4,6,8-9,11-12,16-17H,5,7,10H2,1-2H3,(H,21,22)(H,23,24)/t12-,16+,17-/m0/s1. The van der Waals surface area contributed by atoms with E-state index in [0.29, 0.717) is 12.8 Å². The molecule has 2 aromatic carbocycles. The zero-order chi connectivity index (χ0) is 18.0. The lowest BCUT2D eigenvalue weighted by Gasteiger charge is -2.17. The zero-order valence-corrected chi connectivity index (χ0v) is 14.5. The Labute approximate surface area is 147 Å². The van der Waals surface area contributed by atoms with Crippen LogP contribution in [-0.2, 0) is 9.59 Å². The molecule has 0 heterocycles. The predicted molar refractivity (Wildman–Crippen MR) is 95.8 cm³/mol. The molecule has 25 heavy (non-hydrogen) atoms. The number of hydrogen-bond acceptors (Lipinski definition) is 3. The molecule has 1 aliphatic carbocycles. The average molecular weight is 341 g/mol. The van der Waals surface area contributed by atoms with E-state index in [0.717, 1.165) is 28.5 Å². The maximum absolute atomic E-state index is 12.5. The molecule has 132 valence electrons. The quantitative estimate of drug-likeness (QED) is 0.875. The third-order valence-electron chi connectivity index (χ3n) is 5.09. The predicted octanol–water partition coefficient (Wildman–Crippen LogP) is 3.32. The van der Waals surface area contributed by atoms with Crippen molar-refractivity contribution in [2.24, 2.45) is 5.92 Å². The first-order valence-corrected chi connectivity index (χ1v) is 8.59. The van der Waals surface area contributed by atoms with E-state index in [1.54, 1.807) is 7.11 Å². The fraction of sp³-hybridized carbons (Fsp3) is 0.400. The highest BCUT2D eigenvalue weighted by molar-refractivity contribution is 5.88. The summed E-state index contributed by atoms with van der Waals surface area (Å²) in [5.41, 5.74) is 0.947. The zero-order valence-electron chi connectivity index (χ0n) is 14.5. The molecule has 1 amide bonds. The summed E-state index contributed by atoms with van der Waals surface area (Å²) in [6.07, 6.45) is 1.88. The number of methoxy groups -OCH3 is 1. The normalized spacial score (nSPS) is 21.0. The number of rotatable bonds is 5. The molecule has 0 aromatic heterocycles. The van der Waals surface area contributed by atoms with Crippen molar-refractivity contribution in [3.05, 3.63) is 42.0 Å². The van der Waals surface area contributed by atoms with E-state index in [-0.39, 0.29) is 23.8 Å². The second kappa shape index (κ2) is 7.13. The van der Waals surface area contributed by atoms with Crippen LogP contribution < -0.4 is 10.1 Å². The minimum atomic E-state index is -0.769. The molecule has 0 saturated heterocycles. The minimum absolute atomic E-state index is 0.0410. The first kappa shape index (κ1) is 17.3. The van der Waals surface area contributed by atoms with Gasteiger partial charge in [0.05, 0.1) is 18.9 Å². The summed E-state index contributed by atoms with van der Waals surface area (Å²) < 4.78 is 5.23. The van der Waals surface area contributed by atoms with Crippen LogP contribution in [0.5, 0.6) is 5.75 Å². The Bertz CT molecular complexity index is 801. The van der Waals surface area contributed by atoms with E-state index >= 15 is 0 Å². The number of fused-ring (bicyclic) bond motifs is 1. The van der Waals surface area contributed by atoms with Crippen molar-refractivity contribution in [3.8, 4) is 5.75 Å². The number of nitrogens with one attached hydrogen (secondary N) is 1. The van der Waals surface area contributed by atoms with Crippen molar-refractivity contribution in [2.75, 3.05) is 7.11 Å². The van der Waals surface area contributed by atoms with Crippen molar-refractivity contribution in [1.29, 1.82) is 0 Å². The number of carboxylic acid groups (broad SMARTS) is 1. The van der Waals surface area contributed by atoms with Crippen LogP contribution in [0.25, 0.3) is 10.8 Å². The molecule has 0 spiro atoms. The molecule has 5 nitrogen and oxygen atoms in total. The van der Waals surface area contributed by atoms with Crippen LogP contribution in [0.15, 0.2) is 36.4 Å². The molecular weight excluding hydrogens is 318 g/mol. The number of carbonyl (C=O) groups excluding carboxylic acids is 1. The second-order valence-electron chi connectivity index (χ2n) is 6.75. The first-order chi connectivity index (χ1) is 12.0. The summed E-state index contributed by atoms with van der Waals surface area (Å²) in [6, 6.07) is 11.8. The van der Waals surface area contributed by atoms with Gasteiger partial charge in [-0.1, -0.05) is 24.3 Å². The number of aliphatic carboxylic acids is 1. The molecule has 2 aromatic rings. The summed E-state index contributed by atoms with van der Waals surface area (Å²) in [5, 5.41) is 14.2. The third kappa shape index (κ3) is 3.76. The summed E-state index contributed by atoms with van der Waals surface area (Å²) in [7, 11) is 1.64. The van der Waals surface area contributed by atoms with Gasteiger partial charge in [-0.05, 0) is 54.7 Å². The van der Waals surface area contributed by atoms with Crippen molar-refractivity contribution >= 4 is 22.6 Å². The molecule has 0 aliphatic heterocycles. The molecule has 2 N–H and O–H groups in total. The topological polar surface area (TPSA) is 75.6 Å². The van der Waals surface area contributed by atoms with Crippen LogP contribution in [0.1, 0.15) is 37.7 Å².